The normalized spacial score (nSPS) is 25.7. The minimum atomic E-state index is -0.161. The zero-order valence-corrected chi connectivity index (χ0v) is 9.35. The van der Waals surface area contributed by atoms with Crippen LogP contribution < -0.4 is 0 Å². The quantitative estimate of drug-likeness (QED) is 0.723. The van der Waals surface area contributed by atoms with Crippen molar-refractivity contribution < 1.29 is 9.53 Å². The fourth-order valence-corrected chi connectivity index (χ4v) is 2.99. The molecule has 84 valence electrons. The number of amides is 1. The van der Waals surface area contributed by atoms with Crippen LogP contribution in [0.1, 0.15) is 43.0 Å². The summed E-state index contributed by atoms with van der Waals surface area (Å²) in [5.74, 6) is 0. The third-order valence-electron chi connectivity index (χ3n) is 3.58. The van der Waals surface area contributed by atoms with Gasteiger partial charge in [0.15, 0.2) is 0 Å². The van der Waals surface area contributed by atoms with E-state index in [1.807, 2.05) is 24.0 Å². The molecule has 0 aliphatic carbocycles. The zero-order valence-electron chi connectivity index (χ0n) is 9.35. The number of rotatable bonds is 1. The molecule has 3 rings (SSSR count). The summed E-state index contributed by atoms with van der Waals surface area (Å²) >= 11 is 0. The van der Waals surface area contributed by atoms with Gasteiger partial charge in [-0.25, -0.2) is 4.79 Å². The molecule has 0 saturated carbocycles. The van der Waals surface area contributed by atoms with E-state index in [0.717, 1.165) is 12.8 Å². The SMILES string of the molecule is CCOC(=O)N1C2CCC1c1ccccc12. The monoisotopic (exact) mass is 217 g/mol. The zero-order chi connectivity index (χ0) is 11.1. The van der Waals surface area contributed by atoms with Gasteiger partial charge in [-0.15, -0.1) is 0 Å². The van der Waals surface area contributed by atoms with Crippen molar-refractivity contribution in [3.8, 4) is 0 Å². The maximum Gasteiger partial charge on any atom is 0.410 e. The summed E-state index contributed by atoms with van der Waals surface area (Å²) in [7, 11) is 0. The summed E-state index contributed by atoms with van der Waals surface area (Å²) in [5.41, 5.74) is 2.62. The van der Waals surface area contributed by atoms with Crippen molar-refractivity contribution in [2.75, 3.05) is 6.61 Å². The Morgan fingerprint density at radius 2 is 1.88 bits per heavy atom. The second-order valence-corrected chi connectivity index (χ2v) is 4.34. The lowest BCUT2D eigenvalue weighted by Crippen LogP contribution is -2.28. The summed E-state index contributed by atoms with van der Waals surface area (Å²) in [6, 6.07) is 8.85. The molecule has 2 aliphatic heterocycles. The first-order chi connectivity index (χ1) is 7.83. The van der Waals surface area contributed by atoms with Crippen LogP contribution in [0.3, 0.4) is 0 Å². The largest absolute Gasteiger partial charge is 0.450 e. The predicted octanol–water partition coefficient (Wildman–Crippen LogP) is 3.03. The molecular formula is C13H15NO2. The fourth-order valence-electron chi connectivity index (χ4n) is 2.99. The summed E-state index contributed by atoms with van der Waals surface area (Å²) in [4.78, 5) is 13.8. The lowest BCUT2D eigenvalue weighted by atomic mass is 9.92. The van der Waals surface area contributed by atoms with Crippen LogP contribution in [0.2, 0.25) is 0 Å². The molecule has 1 saturated heterocycles. The van der Waals surface area contributed by atoms with E-state index in [1.54, 1.807) is 0 Å². The van der Waals surface area contributed by atoms with Gasteiger partial charge in [-0.1, -0.05) is 24.3 Å². The molecule has 0 N–H and O–H groups in total. The lowest BCUT2D eigenvalue weighted by molar-refractivity contribution is 0.0945. The van der Waals surface area contributed by atoms with Crippen molar-refractivity contribution in [2.45, 2.75) is 31.8 Å². The minimum Gasteiger partial charge on any atom is -0.450 e. The van der Waals surface area contributed by atoms with E-state index in [-0.39, 0.29) is 18.2 Å². The van der Waals surface area contributed by atoms with Crippen LogP contribution in [0, 0.1) is 0 Å². The Bertz CT molecular complexity index is 399. The van der Waals surface area contributed by atoms with Crippen molar-refractivity contribution >= 4 is 6.09 Å². The Hall–Kier alpha value is -1.51. The molecule has 1 fully saturated rings. The Labute approximate surface area is 95.0 Å². The maximum absolute atomic E-state index is 11.9. The van der Waals surface area contributed by atoms with Gasteiger partial charge in [0, 0.05) is 0 Å². The fraction of sp³-hybridized carbons (Fsp3) is 0.462. The van der Waals surface area contributed by atoms with Gasteiger partial charge in [-0.05, 0) is 30.9 Å². The van der Waals surface area contributed by atoms with Crippen molar-refractivity contribution in [2.24, 2.45) is 0 Å². The van der Waals surface area contributed by atoms with Gasteiger partial charge in [-0.3, -0.25) is 4.90 Å². The first kappa shape index (κ1) is 9.70. The van der Waals surface area contributed by atoms with E-state index in [9.17, 15) is 4.79 Å². The minimum absolute atomic E-state index is 0.161. The molecule has 1 aromatic rings. The molecule has 2 atom stereocenters. The second-order valence-electron chi connectivity index (χ2n) is 4.34. The van der Waals surface area contributed by atoms with Crippen molar-refractivity contribution in [1.82, 2.24) is 4.90 Å². The highest BCUT2D eigenvalue weighted by Gasteiger charge is 2.46. The Kier molecular flexibility index (Phi) is 2.13. The smallest absolute Gasteiger partial charge is 0.410 e. The highest BCUT2D eigenvalue weighted by Crippen LogP contribution is 2.52. The molecular weight excluding hydrogens is 202 g/mol. The number of hydrogen-bond donors (Lipinski definition) is 0. The van der Waals surface area contributed by atoms with Gasteiger partial charge < -0.3 is 4.74 Å². The van der Waals surface area contributed by atoms with Crippen LogP contribution in [0.5, 0.6) is 0 Å². The van der Waals surface area contributed by atoms with Crippen LogP contribution in [0.25, 0.3) is 0 Å². The number of ether oxygens (including phenoxy) is 1. The molecule has 2 heterocycles. The molecule has 1 amide bonds. The average molecular weight is 217 g/mol. The maximum atomic E-state index is 11.9. The van der Waals surface area contributed by atoms with Crippen LogP contribution in [0.4, 0.5) is 4.79 Å². The number of hydrogen-bond acceptors (Lipinski definition) is 2. The number of benzene rings is 1. The average Bonchev–Trinajstić information content (AvgIpc) is 2.86. The van der Waals surface area contributed by atoms with Gasteiger partial charge >= 0.3 is 6.09 Å². The Morgan fingerprint density at radius 1 is 1.31 bits per heavy atom. The van der Waals surface area contributed by atoms with E-state index in [2.05, 4.69) is 12.1 Å². The van der Waals surface area contributed by atoms with E-state index in [0.29, 0.717) is 6.61 Å². The second kappa shape index (κ2) is 3.51. The summed E-state index contributed by atoms with van der Waals surface area (Å²) in [6.45, 7) is 2.30. The third kappa shape index (κ3) is 1.17. The van der Waals surface area contributed by atoms with Gasteiger partial charge in [-0.2, -0.15) is 0 Å². The summed E-state index contributed by atoms with van der Waals surface area (Å²) in [6.07, 6.45) is 1.98. The highest BCUT2D eigenvalue weighted by molar-refractivity contribution is 5.71. The van der Waals surface area contributed by atoms with Gasteiger partial charge in [0.25, 0.3) is 0 Å². The molecule has 0 spiro atoms. The molecule has 16 heavy (non-hydrogen) atoms. The molecule has 2 aliphatic rings. The molecule has 1 aromatic carbocycles. The highest BCUT2D eigenvalue weighted by atomic mass is 16.6. The van der Waals surface area contributed by atoms with Crippen LogP contribution in [-0.2, 0) is 4.74 Å². The number of carbonyl (C=O) groups is 1. The van der Waals surface area contributed by atoms with Gasteiger partial charge in [0.1, 0.15) is 0 Å². The van der Waals surface area contributed by atoms with Crippen LogP contribution >= 0.6 is 0 Å². The van der Waals surface area contributed by atoms with Crippen molar-refractivity contribution in [3.05, 3.63) is 35.4 Å². The molecule has 3 heteroatoms. The number of nitrogens with zero attached hydrogens (tertiary/aromatic N) is 1. The topological polar surface area (TPSA) is 29.5 Å². The molecule has 2 unspecified atom stereocenters. The first-order valence-corrected chi connectivity index (χ1v) is 5.87. The number of carbonyl (C=O) groups excluding carboxylic acids is 1. The third-order valence-corrected chi connectivity index (χ3v) is 3.58. The first-order valence-electron chi connectivity index (χ1n) is 5.87. The lowest BCUT2D eigenvalue weighted by Gasteiger charge is -2.21. The molecule has 0 radical (unpaired) electrons. The Balaban J connectivity index is 1.95. The Morgan fingerprint density at radius 3 is 2.38 bits per heavy atom. The van der Waals surface area contributed by atoms with E-state index < -0.39 is 0 Å². The van der Waals surface area contributed by atoms with Crippen molar-refractivity contribution in [1.29, 1.82) is 0 Å². The standard InChI is InChI=1S/C13H15NO2/c1-2-16-13(15)14-11-7-8-12(14)10-6-4-3-5-9(10)11/h3-6,11-12H,2,7-8H2,1H3. The summed E-state index contributed by atoms with van der Waals surface area (Å²) < 4.78 is 5.12. The van der Waals surface area contributed by atoms with Crippen LogP contribution in [-0.4, -0.2) is 17.6 Å². The molecule has 2 bridgehead atoms. The summed E-state index contributed by atoms with van der Waals surface area (Å²) in [5, 5.41) is 0. The van der Waals surface area contributed by atoms with Gasteiger partial charge in [0.05, 0.1) is 18.7 Å². The number of fused-ring (bicyclic) bond motifs is 5. The van der Waals surface area contributed by atoms with E-state index in [1.165, 1.54) is 11.1 Å². The van der Waals surface area contributed by atoms with Gasteiger partial charge in [0.2, 0.25) is 0 Å². The van der Waals surface area contributed by atoms with Crippen LogP contribution in [0.15, 0.2) is 24.3 Å². The predicted molar refractivity (Wildman–Crippen MR) is 60.0 cm³/mol. The van der Waals surface area contributed by atoms with E-state index in [4.69, 9.17) is 4.74 Å². The van der Waals surface area contributed by atoms with E-state index >= 15 is 0 Å². The molecule has 3 nitrogen and oxygen atoms in total. The van der Waals surface area contributed by atoms with Crippen molar-refractivity contribution in [3.63, 3.8) is 0 Å². The molecule has 0 aromatic heterocycles.